The molecule has 4 heteroatoms. The van der Waals surface area contributed by atoms with Gasteiger partial charge in [-0.1, -0.05) is 18.2 Å². The summed E-state index contributed by atoms with van der Waals surface area (Å²) in [7, 11) is 0. The molecule has 0 spiro atoms. The van der Waals surface area contributed by atoms with Gasteiger partial charge in [-0.2, -0.15) is 0 Å². The van der Waals surface area contributed by atoms with E-state index >= 15 is 0 Å². The lowest BCUT2D eigenvalue weighted by Gasteiger charge is -2.06. The van der Waals surface area contributed by atoms with Crippen LogP contribution in [-0.2, 0) is 0 Å². The Labute approximate surface area is 113 Å². The van der Waals surface area contributed by atoms with E-state index < -0.39 is 5.97 Å². The number of ether oxygens (including phenoxy) is 1. The van der Waals surface area contributed by atoms with Crippen molar-refractivity contribution in [1.82, 2.24) is 0 Å². The van der Waals surface area contributed by atoms with Crippen molar-refractivity contribution in [3.8, 4) is 5.75 Å². The van der Waals surface area contributed by atoms with Crippen LogP contribution in [0.1, 0.15) is 10.4 Å². The zero-order valence-electron chi connectivity index (χ0n) is 8.89. The number of carbonyl (C=O) groups excluding carboxylic acids is 1. The highest BCUT2D eigenvalue weighted by Gasteiger charge is 2.12. The molecule has 0 radical (unpaired) electrons. The molecule has 0 aliphatic heterocycles. The van der Waals surface area contributed by atoms with E-state index in [9.17, 15) is 4.79 Å². The molecule has 0 aliphatic carbocycles. The van der Waals surface area contributed by atoms with Crippen molar-refractivity contribution in [2.24, 2.45) is 0 Å². The number of halogens is 1. The van der Waals surface area contributed by atoms with Crippen LogP contribution in [0.15, 0.2) is 48.5 Å². The lowest BCUT2D eigenvalue weighted by atomic mass is 10.2. The van der Waals surface area contributed by atoms with Gasteiger partial charge >= 0.3 is 5.97 Å². The first-order valence-corrected chi connectivity index (χ1v) is 6.07. The van der Waals surface area contributed by atoms with E-state index in [1.165, 1.54) is 0 Å². The fourth-order valence-corrected chi connectivity index (χ4v) is 1.85. The first kappa shape index (κ1) is 11.9. The minimum Gasteiger partial charge on any atom is -0.423 e. The molecule has 2 rings (SSSR count). The van der Waals surface area contributed by atoms with Crippen molar-refractivity contribution in [2.45, 2.75) is 0 Å². The molecule has 17 heavy (non-hydrogen) atoms. The summed E-state index contributed by atoms with van der Waals surface area (Å²) in [6.45, 7) is 0. The van der Waals surface area contributed by atoms with Crippen molar-refractivity contribution in [3.63, 3.8) is 0 Å². The molecule has 0 amide bonds. The summed E-state index contributed by atoms with van der Waals surface area (Å²) in [4.78, 5) is 11.9. The second-order valence-electron chi connectivity index (χ2n) is 3.43. The van der Waals surface area contributed by atoms with Crippen LogP contribution in [-0.4, -0.2) is 5.97 Å². The van der Waals surface area contributed by atoms with Crippen LogP contribution < -0.4 is 10.5 Å². The number of rotatable bonds is 2. The average molecular weight is 339 g/mol. The van der Waals surface area contributed by atoms with Crippen LogP contribution >= 0.6 is 22.6 Å². The summed E-state index contributed by atoms with van der Waals surface area (Å²) < 4.78 is 6.16. The van der Waals surface area contributed by atoms with Crippen molar-refractivity contribution in [2.75, 3.05) is 5.73 Å². The fraction of sp³-hybridized carbons (Fsp3) is 0. The molecule has 0 heterocycles. The van der Waals surface area contributed by atoms with E-state index in [0.29, 0.717) is 17.0 Å². The summed E-state index contributed by atoms with van der Waals surface area (Å²) >= 11 is 2.12. The zero-order valence-corrected chi connectivity index (χ0v) is 11.0. The van der Waals surface area contributed by atoms with E-state index in [1.807, 2.05) is 12.1 Å². The molecule has 0 saturated carbocycles. The average Bonchev–Trinajstić information content (AvgIpc) is 2.33. The van der Waals surface area contributed by atoms with Crippen LogP contribution in [0, 0.1) is 3.57 Å². The highest BCUT2D eigenvalue weighted by atomic mass is 127. The maximum Gasteiger partial charge on any atom is 0.345 e. The number of hydrogen-bond acceptors (Lipinski definition) is 3. The molecule has 2 aromatic carbocycles. The van der Waals surface area contributed by atoms with Gasteiger partial charge < -0.3 is 10.5 Å². The molecule has 0 bridgehead atoms. The van der Waals surface area contributed by atoms with E-state index in [0.717, 1.165) is 3.57 Å². The van der Waals surface area contributed by atoms with Crippen LogP contribution in [0.25, 0.3) is 0 Å². The summed E-state index contributed by atoms with van der Waals surface area (Å²) in [5, 5.41) is 0. The summed E-state index contributed by atoms with van der Waals surface area (Å²) in [5.74, 6) is 0.0722. The van der Waals surface area contributed by atoms with Gasteiger partial charge in [0.05, 0.1) is 5.56 Å². The predicted octanol–water partition coefficient (Wildman–Crippen LogP) is 3.09. The third kappa shape index (κ3) is 2.97. The number of anilines is 1. The van der Waals surface area contributed by atoms with Crippen LogP contribution in [0.5, 0.6) is 5.75 Å². The fourth-order valence-electron chi connectivity index (χ4n) is 1.36. The maximum atomic E-state index is 11.9. The first-order chi connectivity index (χ1) is 8.16. The second-order valence-corrected chi connectivity index (χ2v) is 4.68. The van der Waals surface area contributed by atoms with Gasteiger partial charge in [-0.05, 0) is 52.9 Å². The minimum atomic E-state index is -0.438. The Morgan fingerprint density at radius 3 is 2.53 bits per heavy atom. The number of nitrogens with two attached hydrogens (primary N) is 1. The molecule has 0 atom stereocenters. The van der Waals surface area contributed by atoms with Gasteiger partial charge in [0.2, 0.25) is 0 Å². The molecule has 86 valence electrons. The number of nitrogen functional groups attached to an aromatic ring is 1. The summed E-state index contributed by atoms with van der Waals surface area (Å²) in [5.41, 5.74) is 6.55. The van der Waals surface area contributed by atoms with Gasteiger partial charge in [0.15, 0.2) is 0 Å². The minimum absolute atomic E-state index is 0.390. The van der Waals surface area contributed by atoms with E-state index in [2.05, 4.69) is 22.6 Å². The van der Waals surface area contributed by atoms with Crippen LogP contribution in [0.4, 0.5) is 5.69 Å². The Morgan fingerprint density at radius 1 is 1.12 bits per heavy atom. The molecule has 2 N–H and O–H groups in total. The van der Waals surface area contributed by atoms with Gasteiger partial charge in [0.25, 0.3) is 0 Å². The molecule has 3 nitrogen and oxygen atoms in total. The number of para-hydroxylation sites is 1. The highest BCUT2D eigenvalue weighted by molar-refractivity contribution is 14.1. The topological polar surface area (TPSA) is 52.3 Å². The van der Waals surface area contributed by atoms with Crippen LogP contribution in [0.2, 0.25) is 0 Å². The van der Waals surface area contributed by atoms with Crippen LogP contribution in [0.3, 0.4) is 0 Å². The standard InChI is InChI=1S/C13H10INO2/c14-9-6-7-12(15)11(8-9)13(16)17-10-4-2-1-3-5-10/h1-8H,15H2. The second kappa shape index (κ2) is 5.18. The molecule has 0 unspecified atom stereocenters. The Balaban J connectivity index is 2.23. The Kier molecular flexibility index (Phi) is 3.63. The molecule has 0 fully saturated rings. The van der Waals surface area contributed by atoms with Gasteiger partial charge in [-0.15, -0.1) is 0 Å². The van der Waals surface area contributed by atoms with Crippen molar-refractivity contribution < 1.29 is 9.53 Å². The molecule has 0 aliphatic rings. The number of hydrogen-bond donors (Lipinski definition) is 1. The summed E-state index contributed by atoms with van der Waals surface area (Å²) in [6.07, 6.45) is 0. The number of benzene rings is 2. The van der Waals surface area contributed by atoms with E-state index in [1.54, 1.807) is 36.4 Å². The maximum absolute atomic E-state index is 11.9. The largest absolute Gasteiger partial charge is 0.423 e. The first-order valence-electron chi connectivity index (χ1n) is 4.99. The number of carbonyl (C=O) groups is 1. The molecular weight excluding hydrogens is 329 g/mol. The normalized spacial score (nSPS) is 9.94. The quantitative estimate of drug-likeness (QED) is 0.396. The molecule has 0 saturated heterocycles. The van der Waals surface area contributed by atoms with Gasteiger partial charge in [0, 0.05) is 9.26 Å². The SMILES string of the molecule is Nc1ccc(I)cc1C(=O)Oc1ccccc1. The highest BCUT2D eigenvalue weighted by Crippen LogP contribution is 2.18. The molecule has 0 aromatic heterocycles. The van der Waals surface area contributed by atoms with Gasteiger partial charge in [-0.3, -0.25) is 0 Å². The van der Waals surface area contributed by atoms with Crippen molar-refractivity contribution in [3.05, 3.63) is 57.7 Å². The number of esters is 1. The Hall–Kier alpha value is -1.56. The smallest absolute Gasteiger partial charge is 0.345 e. The van der Waals surface area contributed by atoms with E-state index in [-0.39, 0.29) is 0 Å². The molecule has 2 aromatic rings. The summed E-state index contributed by atoms with van der Waals surface area (Å²) in [6, 6.07) is 14.2. The zero-order chi connectivity index (χ0) is 12.3. The van der Waals surface area contributed by atoms with Gasteiger partial charge in [-0.25, -0.2) is 4.79 Å². The lowest BCUT2D eigenvalue weighted by molar-refractivity contribution is 0.0736. The third-order valence-corrected chi connectivity index (χ3v) is 2.86. The Morgan fingerprint density at radius 2 is 1.82 bits per heavy atom. The third-order valence-electron chi connectivity index (χ3n) is 2.19. The van der Waals surface area contributed by atoms with Crippen molar-refractivity contribution in [1.29, 1.82) is 0 Å². The van der Waals surface area contributed by atoms with Gasteiger partial charge in [0.1, 0.15) is 5.75 Å². The predicted molar refractivity (Wildman–Crippen MR) is 75.0 cm³/mol. The molecular formula is C13H10INO2. The van der Waals surface area contributed by atoms with E-state index in [4.69, 9.17) is 10.5 Å². The monoisotopic (exact) mass is 339 g/mol. The van der Waals surface area contributed by atoms with Crippen molar-refractivity contribution >= 4 is 34.2 Å². The lowest BCUT2D eigenvalue weighted by Crippen LogP contribution is -2.11. The Bertz CT molecular complexity index is 540.